The molecule has 0 aliphatic heterocycles. The first-order valence-corrected chi connectivity index (χ1v) is 9.00. The lowest BCUT2D eigenvalue weighted by molar-refractivity contribution is 0.600. The van der Waals surface area contributed by atoms with Gasteiger partial charge in [-0.3, -0.25) is 0 Å². The van der Waals surface area contributed by atoms with Crippen molar-refractivity contribution >= 4 is 11.6 Å². The Hall–Kier alpha value is -1.35. The SMILES string of the molecule is Clc1cccc(-c2ccc([C@@H]3C[C@H]3NCCNC3CC3)cc2)c1. The fraction of sp³-hybridized carbons (Fsp3) is 0.400. The van der Waals surface area contributed by atoms with E-state index in [0.717, 1.165) is 24.2 Å². The van der Waals surface area contributed by atoms with Gasteiger partial charge in [-0.1, -0.05) is 48.0 Å². The maximum atomic E-state index is 6.08. The third-order valence-corrected chi connectivity index (χ3v) is 5.06. The first kappa shape index (κ1) is 15.2. The standard InChI is InChI=1S/C20H23ClN2/c21-17-3-1-2-16(12-17)14-4-6-15(7-5-14)19-13-20(19)23-11-10-22-18-8-9-18/h1-7,12,18-20,22-23H,8-11,13H2/t19-,20+/m0/s1. The summed E-state index contributed by atoms with van der Waals surface area (Å²) in [6, 6.07) is 18.5. The van der Waals surface area contributed by atoms with Crippen molar-refractivity contribution in [2.24, 2.45) is 0 Å². The molecule has 2 atom stereocenters. The first-order valence-electron chi connectivity index (χ1n) is 8.62. The summed E-state index contributed by atoms with van der Waals surface area (Å²) in [6.45, 7) is 2.18. The summed E-state index contributed by atoms with van der Waals surface area (Å²) >= 11 is 6.08. The highest BCUT2D eigenvalue weighted by molar-refractivity contribution is 6.30. The highest BCUT2D eigenvalue weighted by atomic mass is 35.5. The van der Waals surface area contributed by atoms with Gasteiger partial charge in [0.15, 0.2) is 0 Å². The monoisotopic (exact) mass is 326 g/mol. The molecule has 2 N–H and O–H groups in total. The zero-order chi connectivity index (χ0) is 15.6. The van der Waals surface area contributed by atoms with Gasteiger partial charge >= 0.3 is 0 Å². The number of hydrogen-bond acceptors (Lipinski definition) is 2. The Labute approximate surface area is 143 Å². The average Bonchev–Trinajstić information content (AvgIpc) is 3.47. The molecule has 2 aromatic rings. The summed E-state index contributed by atoms with van der Waals surface area (Å²) in [5, 5.41) is 8.00. The molecule has 120 valence electrons. The molecule has 23 heavy (non-hydrogen) atoms. The van der Waals surface area contributed by atoms with Crippen LogP contribution in [0.2, 0.25) is 5.02 Å². The van der Waals surface area contributed by atoms with Crippen LogP contribution in [0, 0.1) is 0 Å². The third kappa shape index (κ3) is 3.95. The molecule has 3 heteroatoms. The van der Waals surface area contributed by atoms with Crippen LogP contribution >= 0.6 is 11.6 Å². The predicted octanol–water partition coefficient (Wildman–Crippen LogP) is 4.20. The molecule has 0 spiro atoms. The van der Waals surface area contributed by atoms with E-state index in [2.05, 4.69) is 41.0 Å². The van der Waals surface area contributed by atoms with E-state index in [1.807, 2.05) is 18.2 Å². The van der Waals surface area contributed by atoms with Crippen molar-refractivity contribution in [3.05, 3.63) is 59.1 Å². The Morgan fingerprint density at radius 2 is 1.70 bits per heavy atom. The molecule has 0 aromatic heterocycles. The molecule has 2 saturated carbocycles. The molecular weight excluding hydrogens is 304 g/mol. The molecule has 0 radical (unpaired) electrons. The molecule has 0 saturated heterocycles. The lowest BCUT2D eigenvalue weighted by atomic mass is 10.0. The van der Waals surface area contributed by atoms with Gasteiger partial charge in [-0.05, 0) is 48.1 Å². The van der Waals surface area contributed by atoms with Crippen LogP contribution in [0.4, 0.5) is 0 Å². The van der Waals surface area contributed by atoms with Crippen molar-refractivity contribution in [2.45, 2.75) is 37.3 Å². The molecule has 2 nitrogen and oxygen atoms in total. The second-order valence-corrected chi connectivity index (χ2v) is 7.20. The van der Waals surface area contributed by atoms with Crippen molar-refractivity contribution in [2.75, 3.05) is 13.1 Å². The van der Waals surface area contributed by atoms with Gasteiger partial charge in [0.25, 0.3) is 0 Å². The minimum Gasteiger partial charge on any atom is -0.313 e. The van der Waals surface area contributed by atoms with Gasteiger partial charge in [-0.15, -0.1) is 0 Å². The van der Waals surface area contributed by atoms with Gasteiger partial charge in [-0.2, -0.15) is 0 Å². The molecule has 2 aliphatic rings. The fourth-order valence-electron chi connectivity index (χ4n) is 3.20. The number of halogens is 1. The maximum Gasteiger partial charge on any atom is 0.0412 e. The summed E-state index contributed by atoms with van der Waals surface area (Å²) in [5.74, 6) is 0.685. The van der Waals surface area contributed by atoms with Crippen LogP contribution in [0.15, 0.2) is 48.5 Å². The molecule has 2 aromatic carbocycles. The zero-order valence-electron chi connectivity index (χ0n) is 13.3. The van der Waals surface area contributed by atoms with Crippen molar-refractivity contribution in [3.8, 4) is 11.1 Å². The lowest BCUT2D eigenvalue weighted by Gasteiger charge is -2.07. The Morgan fingerprint density at radius 3 is 2.43 bits per heavy atom. The number of rotatable bonds is 7. The van der Waals surface area contributed by atoms with Crippen molar-refractivity contribution in [1.29, 1.82) is 0 Å². The van der Waals surface area contributed by atoms with Crippen molar-refractivity contribution in [3.63, 3.8) is 0 Å². The van der Waals surface area contributed by atoms with Gasteiger partial charge in [0, 0.05) is 36.1 Å². The van der Waals surface area contributed by atoms with E-state index in [4.69, 9.17) is 11.6 Å². The van der Waals surface area contributed by atoms with Gasteiger partial charge in [-0.25, -0.2) is 0 Å². The molecule has 0 heterocycles. The van der Waals surface area contributed by atoms with Crippen LogP contribution in [0.1, 0.15) is 30.7 Å². The van der Waals surface area contributed by atoms with Crippen LogP contribution < -0.4 is 10.6 Å². The highest BCUT2D eigenvalue weighted by Crippen LogP contribution is 2.41. The largest absolute Gasteiger partial charge is 0.313 e. The zero-order valence-corrected chi connectivity index (χ0v) is 14.0. The smallest absolute Gasteiger partial charge is 0.0412 e. The lowest BCUT2D eigenvalue weighted by Crippen LogP contribution is -2.30. The maximum absolute atomic E-state index is 6.08. The Balaban J connectivity index is 1.30. The number of nitrogens with one attached hydrogen (secondary N) is 2. The van der Waals surface area contributed by atoms with Crippen LogP contribution in [0.3, 0.4) is 0 Å². The normalized spacial score (nSPS) is 23.0. The Kier molecular flexibility index (Phi) is 4.39. The quantitative estimate of drug-likeness (QED) is 0.745. The second-order valence-electron chi connectivity index (χ2n) is 6.76. The van der Waals surface area contributed by atoms with E-state index in [1.54, 1.807) is 0 Å². The minimum absolute atomic E-state index is 0.660. The van der Waals surface area contributed by atoms with Gasteiger partial charge in [0.2, 0.25) is 0 Å². The molecule has 2 fully saturated rings. The molecule has 0 bridgehead atoms. The van der Waals surface area contributed by atoms with E-state index in [9.17, 15) is 0 Å². The molecule has 4 rings (SSSR count). The van der Waals surface area contributed by atoms with E-state index in [1.165, 1.54) is 36.0 Å². The van der Waals surface area contributed by atoms with Crippen molar-refractivity contribution < 1.29 is 0 Å². The van der Waals surface area contributed by atoms with E-state index in [0.29, 0.717) is 12.0 Å². The third-order valence-electron chi connectivity index (χ3n) is 4.83. The first-order chi connectivity index (χ1) is 11.3. The average molecular weight is 327 g/mol. The molecule has 0 amide bonds. The topological polar surface area (TPSA) is 24.1 Å². The van der Waals surface area contributed by atoms with E-state index in [-0.39, 0.29) is 0 Å². The van der Waals surface area contributed by atoms with Crippen LogP contribution in [0.5, 0.6) is 0 Å². The van der Waals surface area contributed by atoms with Gasteiger partial charge < -0.3 is 10.6 Å². The Bertz CT molecular complexity index is 664. The van der Waals surface area contributed by atoms with Crippen LogP contribution in [-0.4, -0.2) is 25.2 Å². The van der Waals surface area contributed by atoms with E-state index < -0.39 is 0 Å². The number of hydrogen-bond donors (Lipinski definition) is 2. The summed E-state index contributed by atoms with van der Waals surface area (Å²) < 4.78 is 0. The minimum atomic E-state index is 0.660. The molecule has 0 unspecified atom stereocenters. The second kappa shape index (κ2) is 6.64. The summed E-state index contributed by atoms with van der Waals surface area (Å²) in [7, 11) is 0. The highest BCUT2D eigenvalue weighted by Gasteiger charge is 2.37. The molecular formula is C20H23ClN2. The summed E-state index contributed by atoms with van der Waals surface area (Å²) in [6.07, 6.45) is 4.00. The van der Waals surface area contributed by atoms with Gasteiger partial charge in [0.1, 0.15) is 0 Å². The molecule has 2 aliphatic carbocycles. The van der Waals surface area contributed by atoms with Crippen LogP contribution in [-0.2, 0) is 0 Å². The van der Waals surface area contributed by atoms with Gasteiger partial charge in [0.05, 0.1) is 0 Å². The van der Waals surface area contributed by atoms with E-state index >= 15 is 0 Å². The summed E-state index contributed by atoms with van der Waals surface area (Å²) in [4.78, 5) is 0. The van der Waals surface area contributed by atoms with Crippen LogP contribution in [0.25, 0.3) is 11.1 Å². The predicted molar refractivity (Wildman–Crippen MR) is 97.1 cm³/mol. The number of benzene rings is 2. The summed E-state index contributed by atoms with van der Waals surface area (Å²) in [5.41, 5.74) is 3.86. The Morgan fingerprint density at radius 1 is 0.913 bits per heavy atom. The fourth-order valence-corrected chi connectivity index (χ4v) is 3.39. The van der Waals surface area contributed by atoms with Crippen molar-refractivity contribution in [1.82, 2.24) is 10.6 Å².